The number of esters is 2. The molecule has 1 saturated heterocycles. The lowest BCUT2D eigenvalue weighted by atomic mass is 9.84. The van der Waals surface area contributed by atoms with Crippen LogP contribution in [0.25, 0.3) is 11.1 Å². The fraction of sp³-hybridized carbons (Fsp3) is 0.273. The van der Waals surface area contributed by atoms with Gasteiger partial charge in [0.15, 0.2) is 6.79 Å². The van der Waals surface area contributed by atoms with Gasteiger partial charge in [0.1, 0.15) is 34.9 Å². The first-order chi connectivity index (χ1) is 31.6. The van der Waals surface area contributed by atoms with E-state index in [4.69, 9.17) is 23.7 Å². The van der Waals surface area contributed by atoms with Crippen LogP contribution in [0, 0.1) is 15.4 Å². The number of amides is 2. The maximum atomic E-state index is 13.8. The maximum absolute atomic E-state index is 13.8. The highest BCUT2D eigenvalue weighted by molar-refractivity contribution is 14.1. The summed E-state index contributed by atoms with van der Waals surface area (Å²) >= 11 is 2.17. The van der Waals surface area contributed by atoms with E-state index in [0.29, 0.717) is 34.7 Å². The fourth-order valence-corrected chi connectivity index (χ4v) is 8.44. The Kier molecular flexibility index (Phi) is 15.1. The molecule has 1 fully saturated rings. The summed E-state index contributed by atoms with van der Waals surface area (Å²) in [5, 5.41) is 0. The molecule has 2 amide bonds. The molecule has 0 bridgehead atoms. The molecule has 7 rings (SSSR count). The molecule has 0 spiro atoms. The Morgan fingerprint density at radius 3 is 1.80 bits per heavy atom. The van der Waals surface area contributed by atoms with Crippen molar-refractivity contribution in [2.45, 2.75) is 65.1 Å². The Hall–Kier alpha value is -6.31. The summed E-state index contributed by atoms with van der Waals surface area (Å²) in [5.74, 6) is -1.30. The van der Waals surface area contributed by atoms with Gasteiger partial charge in [0.2, 0.25) is 11.8 Å². The van der Waals surface area contributed by atoms with Crippen LogP contribution in [0.2, 0.25) is 0 Å². The van der Waals surface area contributed by atoms with Crippen molar-refractivity contribution in [2.75, 3.05) is 24.9 Å². The quantitative estimate of drug-likeness (QED) is 0.0273. The molecule has 3 unspecified atom stereocenters. The van der Waals surface area contributed by atoms with E-state index in [9.17, 15) is 19.2 Å². The van der Waals surface area contributed by atoms with E-state index in [1.165, 1.54) is 4.90 Å². The number of hydrogen-bond acceptors (Lipinski definition) is 9. The highest BCUT2D eigenvalue weighted by atomic mass is 127. The molecule has 11 heteroatoms. The minimum absolute atomic E-state index is 0.00309. The summed E-state index contributed by atoms with van der Waals surface area (Å²) in [4.78, 5) is 54.9. The van der Waals surface area contributed by atoms with Gasteiger partial charge >= 0.3 is 11.9 Å². The molecule has 0 N–H and O–H groups in total. The average molecular weight is 1000 g/mol. The molecule has 0 aliphatic carbocycles. The van der Waals surface area contributed by atoms with Crippen LogP contribution in [-0.4, -0.2) is 43.8 Å². The van der Waals surface area contributed by atoms with Gasteiger partial charge in [-0.05, 0) is 145 Å². The molecule has 10 nitrogen and oxygen atoms in total. The molecule has 3 atom stereocenters. The van der Waals surface area contributed by atoms with Crippen LogP contribution >= 0.6 is 22.6 Å². The summed E-state index contributed by atoms with van der Waals surface area (Å²) < 4.78 is 30.1. The van der Waals surface area contributed by atoms with Gasteiger partial charge in [-0.2, -0.15) is 0 Å². The zero-order valence-electron chi connectivity index (χ0n) is 38.0. The largest absolute Gasteiger partial charge is 0.490 e. The number of rotatable bonds is 18. The number of hydrogen-bond donors (Lipinski definition) is 0. The van der Waals surface area contributed by atoms with E-state index in [1.807, 2.05) is 157 Å². The van der Waals surface area contributed by atoms with Crippen molar-refractivity contribution in [3.05, 3.63) is 183 Å². The predicted octanol–water partition coefficient (Wildman–Crippen LogP) is 11.9. The first-order valence-electron chi connectivity index (χ1n) is 22.0. The molecule has 1 aliphatic rings. The molecule has 0 aromatic heterocycles. The number of benzene rings is 6. The van der Waals surface area contributed by atoms with Gasteiger partial charge in [0.25, 0.3) is 0 Å². The second-order valence-corrected chi connectivity index (χ2v) is 18.7. The topological polar surface area (TPSA) is 118 Å². The minimum atomic E-state index is -0.830. The lowest BCUT2D eigenvalue weighted by Crippen LogP contribution is -2.30. The summed E-state index contributed by atoms with van der Waals surface area (Å²) in [5.41, 5.74) is 4.28. The highest BCUT2D eigenvalue weighted by Gasteiger charge is 2.46. The van der Waals surface area contributed by atoms with Crippen LogP contribution in [-0.2, 0) is 35.0 Å². The van der Waals surface area contributed by atoms with Crippen molar-refractivity contribution in [1.82, 2.24) is 0 Å². The van der Waals surface area contributed by atoms with Gasteiger partial charge in [0, 0.05) is 9.49 Å². The number of ether oxygens (including phenoxy) is 5. The van der Waals surface area contributed by atoms with Crippen LogP contribution in [0.4, 0.5) is 5.69 Å². The van der Waals surface area contributed by atoms with E-state index in [-0.39, 0.29) is 37.7 Å². The predicted molar refractivity (Wildman–Crippen MR) is 262 cm³/mol. The molecule has 0 radical (unpaired) electrons. The van der Waals surface area contributed by atoms with Gasteiger partial charge in [0.05, 0.1) is 23.8 Å². The lowest BCUT2D eigenvalue weighted by Gasteiger charge is -2.26. The van der Waals surface area contributed by atoms with E-state index < -0.39 is 35.0 Å². The molecule has 0 saturated carbocycles. The lowest BCUT2D eigenvalue weighted by molar-refractivity contribution is -0.122. The number of imide groups is 1. The minimum Gasteiger partial charge on any atom is -0.490 e. The Labute approximate surface area is 400 Å². The molecule has 340 valence electrons. The average Bonchev–Trinajstić information content (AvgIpc) is 3.52. The SMILES string of the molecule is CC(CC1C(=O)N(c2ccc(-c3ccc(OCOCCOc4cc(I)ccc4C(=O)OC(C)(C)c4ccccc4)cc3)cc2)C(=O)C1C)c1ccc(C(=O)OC(C)(C)c2ccccc2)cc1. The molecular formula is C55H54INO9. The van der Waals surface area contributed by atoms with Crippen molar-refractivity contribution in [3.8, 4) is 22.6 Å². The van der Waals surface area contributed by atoms with Gasteiger partial charge < -0.3 is 23.7 Å². The van der Waals surface area contributed by atoms with E-state index in [1.54, 1.807) is 36.4 Å². The summed E-state index contributed by atoms with van der Waals surface area (Å²) in [6.07, 6.45) is 0.485. The summed E-state index contributed by atoms with van der Waals surface area (Å²) in [7, 11) is 0. The third kappa shape index (κ3) is 11.4. The van der Waals surface area contributed by atoms with Crippen LogP contribution < -0.4 is 14.4 Å². The van der Waals surface area contributed by atoms with Crippen molar-refractivity contribution >= 4 is 52.0 Å². The van der Waals surface area contributed by atoms with E-state index in [0.717, 1.165) is 31.4 Å². The van der Waals surface area contributed by atoms with Crippen LogP contribution in [0.15, 0.2) is 152 Å². The van der Waals surface area contributed by atoms with Crippen LogP contribution in [0.1, 0.15) is 91.3 Å². The smallest absolute Gasteiger partial charge is 0.342 e. The summed E-state index contributed by atoms with van der Waals surface area (Å²) in [6, 6.07) is 46.8. The highest BCUT2D eigenvalue weighted by Crippen LogP contribution is 2.38. The Bertz CT molecular complexity index is 2630. The first-order valence-corrected chi connectivity index (χ1v) is 23.1. The normalized spacial score (nSPS) is 15.6. The molecule has 6 aromatic rings. The van der Waals surface area contributed by atoms with E-state index >= 15 is 0 Å². The Morgan fingerprint density at radius 1 is 0.652 bits per heavy atom. The molecule has 66 heavy (non-hydrogen) atoms. The number of halogens is 1. The first kappa shape index (κ1) is 47.6. The van der Waals surface area contributed by atoms with Crippen molar-refractivity contribution < 1.29 is 42.9 Å². The van der Waals surface area contributed by atoms with Crippen LogP contribution in [0.5, 0.6) is 11.5 Å². The zero-order valence-corrected chi connectivity index (χ0v) is 40.2. The van der Waals surface area contributed by atoms with Crippen molar-refractivity contribution in [3.63, 3.8) is 0 Å². The molecule has 1 heterocycles. The van der Waals surface area contributed by atoms with Crippen LogP contribution in [0.3, 0.4) is 0 Å². The van der Waals surface area contributed by atoms with Crippen molar-refractivity contribution in [2.24, 2.45) is 11.8 Å². The van der Waals surface area contributed by atoms with Gasteiger partial charge in [-0.25, -0.2) is 9.59 Å². The Morgan fingerprint density at radius 2 is 1.21 bits per heavy atom. The molecule has 6 aromatic carbocycles. The number of carbonyl (C=O) groups is 4. The third-order valence-electron chi connectivity index (χ3n) is 12.0. The maximum Gasteiger partial charge on any atom is 0.342 e. The number of anilines is 1. The van der Waals surface area contributed by atoms with Gasteiger partial charge in [-0.1, -0.05) is 111 Å². The second kappa shape index (κ2) is 20.9. The zero-order chi connectivity index (χ0) is 47.0. The fourth-order valence-electron chi connectivity index (χ4n) is 7.97. The molecular weight excluding hydrogens is 946 g/mol. The Balaban J connectivity index is 0.868. The van der Waals surface area contributed by atoms with Gasteiger partial charge in [-0.15, -0.1) is 0 Å². The molecule has 1 aliphatic heterocycles. The van der Waals surface area contributed by atoms with Gasteiger partial charge in [-0.3, -0.25) is 14.5 Å². The second-order valence-electron chi connectivity index (χ2n) is 17.4. The third-order valence-corrected chi connectivity index (χ3v) is 12.6. The van der Waals surface area contributed by atoms with Crippen molar-refractivity contribution in [1.29, 1.82) is 0 Å². The monoisotopic (exact) mass is 999 g/mol. The standard InChI is InChI=1S/C55H54INO9/c1-36(38-17-19-41(20-18-38)52(60)65-54(3,4)42-13-9-7-10-14-42)33-48-37(2)50(58)57(51(48)59)45-26-21-39(22-27-45)40-23-28-46(29-24-40)64-35-62-31-32-63-49-34-44(56)25-30-47(49)53(61)66-55(5,6)43-15-11-8-12-16-43/h7-30,34,36-37,48H,31-33,35H2,1-6H3. The number of carbonyl (C=O) groups excluding carboxylic acids is 4. The summed E-state index contributed by atoms with van der Waals surface area (Å²) in [6.45, 7) is 11.7. The van der Waals surface area contributed by atoms with E-state index in [2.05, 4.69) is 22.6 Å². The number of nitrogens with zero attached hydrogens (tertiary/aromatic N) is 1.